The van der Waals surface area contributed by atoms with Gasteiger partial charge < -0.3 is 15.4 Å². The fourth-order valence-electron chi connectivity index (χ4n) is 4.17. The molecule has 1 unspecified atom stereocenters. The van der Waals surface area contributed by atoms with Crippen LogP contribution in [-0.2, 0) is 6.54 Å². The number of nitrogens with zero attached hydrogens (tertiary/aromatic N) is 4. The quantitative estimate of drug-likeness (QED) is 0.422. The molecule has 0 spiro atoms. The van der Waals surface area contributed by atoms with Gasteiger partial charge in [-0.15, -0.1) is 0 Å². The molecule has 1 aliphatic heterocycles. The second-order valence-corrected chi connectivity index (χ2v) is 7.96. The minimum Gasteiger partial charge on any atom is -0.497 e. The summed E-state index contributed by atoms with van der Waals surface area (Å²) in [6.07, 6.45) is 6.25. The van der Waals surface area contributed by atoms with Gasteiger partial charge in [-0.2, -0.15) is 5.10 Å². The summed E-state index contributed by atoms with van der Waals surface area (Å²) in [7, 11) is 3.52. The van der Waals surface area contributed by atoms with Crippen molar-refractivity contribution < 1.29 is 4.74 Å². The van der Waals surface area contributed by atoms with Crippen LogP contribution in [-0.4, -0.2) is 54.4 Å². The zero-order chi connectivity index (χ0) is 22.2. The lowest BCUT2D eigenvalue weighted by atomic mass is 10.1. The minimum atomic E-state index is 0.296. The fraction of sp³-hybridized carbons (Fsp3) is 0.360. The number of aromatic nitrogens is 2. The molecule has 1 aromatic heterocycles. The van der Waals surface area contributed by atoms with E-state index in [0.29, 0.717) is 12.6 Å². The number of benzene rings is 2. The molecule has 7 heteroatoms. The SMILES string of the molecule is CN=C(NCc1cccc(-n2cccn2)c1)NCC(c1ccc(OC)cc1)N1CCCC1. The Morgan fingerprint density at radius 1 is 1.09 bits per heavy atom. The summed E-state index contributed by atoms with van der Waals surface area (Å²) in [6.45, 7) is 3.74. The highest BCUT2D eigenvalue weighted by Crippen LogP contribution is 2.26. The Morgan fingerprint density at radius 3 is 2.59 bits per heavy atom. The van der Waals surface area contributed by atoms with Crippen molar-refractivity contribution in [2.75, 3.05) is 33.8 Å². The number of likely N-dealkylation sites (tertiary alicyclic amines) is 1. The summed E-state index contributed by atoms with van der Waals surface area (Å²) in [5.74, 6) is 1.68. The molecule has 0 saturated carbocycles. The maximum absolute atomic E-state index is 5.33. The fourth-order valence-corrected chi connectivity index (χ4v) is 4.17. The average molecular weight is 433 g/mol. The maximum atomic E-state index is 5.33. The Hall–Kier alpha value is -3.32. The number of ether oxygens (including phenoxy) is 1. The van der Waals surface area contributed by atoms with Crippen molar-refractivity contribution in [3.05, 3.63) is 78.1 Å². The minimum absolute atomic E-state index is 0.296. The third-order valence-corrected chi connectivity index (χ3v) is 5.91. The Kier molecular flexibility index (Phi) is 7.40. The molecule has 0 amide bonds. The number of guanidine groups is 1. The standard InChI is InChI=1S/C25H32N6O/c1-26-25(27-18-20-7-5-8-22(17-20)31-16-6-13-29-31)28-19-24(30-14-3-4-15-30)21-9-11-23(32-2)12-10-21/h5-13,16-17,24H,3-4,14-15,18-19H2,1-2H3,(H2,26,27,28). The lowest BCUT2D eigenvalue weighted by Gasteiger charge is -2.29. The van der Waals surface area contributed by atoms with Crippen LogP contribution in [0.25, 0.3) is 5.69 Å². The van der Waals surface area contributed by atoms with Crippen LogP contribution < -0.4 is 15.4 Å². The van der Waals surface area contributed by atoms with E-state index in [1.165, 1.54) is 24.0 Å². The smallest absolute Gasteiger partial charge is 0.191 e. The summed E-state index contributed by atoms with van der Waals surface area (Å²) in [5.41, 5.74) is 3.51. The Labute approximate surface area is 190 Å². The average Bonchev–Trinajstić information content (AvgIpc) is 3.57. The molecule has 0 bridgehead atoms. The number of rotatable bonds is 8. The topological polar surface area (TPSA) is 66.7 Å². The molecule has 2 aromatic carbocycles. The summed E-state index contributed by atoms with van der Waals surface area (Å²) < 4.78 is 7.20. The van der Waals surface area contributed by atoms with Crippen LogP contribution >= 0.6 is 0 Å². The van der Waals surface area contributed by atoms with Gasteiger partial charge in [0.25, 0.3) is 0 Å². The van der Waals surface area contributed by atoms with E-state index in [2.05, 4.69) is 62.0 Å². The predicted molar refractivity (Wildman–Crippen MR) is 128 cm³/mol. The Balaban J connectivity index is 1.38. The van der Waals surface area contributed by atoms with Crippen molar-refractivity contribution >= 4 is 5.96 Å². The lowest BCUT2D eigenvalue weighted by molar-refractivity contribution is 0.245. The number of methoxy groups -OCH3 is 1. The van der Waals surface area contributed by atoms with E-state index in [1.807, 2.05) is 36.1 Å². The predicted octanol–water partition coefficient (Wildman–Crippen LogP) is 3.38. The van der Waals surface area contributed by atoms with E-state index in [1.54, 1.807) is 13.3 Å². The molecule has 7 nitrogen and oxygen atoms in total. The maximum Gasteiger partial charge on any atom is 0.191 e. The molecule has 1 fully saturated rings. The molecule has 4 rings (SSSR count). The highest BCUT2D eigenvalue weighted by Gasteiger charge is 2.23. The molecule has 0 aliphatic carbocycles. The first-order valence-corrected chi connectivity index (χ1v) is 11.2. The number of hydrogen-bond acceptors (Lipinski definition) is 4. The largest absolute Gasteiger partial charge is 0.497 e. The van der Waals surface area contributed by atoms with Gasteiger partial charge in [-0.05, 0) is 67.4 Å². The van der Waals surface area contributed by atoms with Crippen molar-refractivity contribution in [3.8, 4) is 11.4 Å². The van der Waals surface area contributed by atoms with Gasteiger partial charge in [-0.25, -0.2) is 4.68 Å². The highest BCUT2D eigenvalue weighted by atomic mass is 16.5. The first kappa shape index (κ1) is 21.9. The van der Waals surface area contributed by atoms with E-state index < -0.39 is 0 Å². The van der Waals surface area contributed by atoms with Crippen molar-refractivity contribution in [2.24, 2.45) is 4.99 Å². The molecular formula is C25H32N6O. The number of aliphatic imine (C=N–C) groups is 1. The van der Waals surface area contributed by atoms with Crippen LogP contribution in [0.1, 0.15) is 30.0 Å². The molecule has 32 heavy (non-hydrogen) atoms. The normalized spacial score (nSPS) is 15.5. The van der Waals surface area contributed by atoms with Gasteiger partial charge >= 0.3 is 0 Å². The van der Waals surface area contributed by atoms with E-state index in [4.69, 9.17) is 4.74 Å². The molecule has 1 saturated heterocycles. The summed E-state index contributed by atoms with van der Waals surface area (Å²) in [4.78, 5) is 6.98. The van der Waals surface area contributed by atoms with E-state index in [-0.39, 0.29) is 0 Å². The Morgan fingerprint density at radius 2 is 1.91 bits per heavy atom. The van der Waals surface area contributed by atoms with Crippen molar-refractivity contribution in [2.45, 2.75) is 25.4 Å². The molecule has 0 radical (unpaired) electrons. The van der Waals surface area contributed by atoms with Crippen molar-refractivity contribution in [1.82, 2.24) is 25.3 Å². The first-order valence-electron chi connectivity index (χ1n) is 11.2. The van der Waals surface area contributed by atoms with Crippen LogP contribution in [0.2, 0.25) is 0 Å². The molecule has 1 atom stereocenters. The molecule has 1 aliphatic rings. The van der Waals surface area contributed by atoms with Gasteiger partial charge in [0, 0.05) is 32.5 Å². The molecule has 2 N–H and O–H groups in total. The zero-order valence-electron chi connectivity index (χ0n) is 18.9. The number of hydrogen-bond donors (Lipinski definition) is 2. The summed E-state index contributed by atoms with van der Waals surface area (Å²) in [6, 6.07) is 19.0. The summed E-state index contributed by atoms with van der Waals surface area (Å²) >= 11 is 0. The number of nitrogens with one attached hydrogen (secondary N) is 2. The molecule has 168 valence electrons. The van der Waals surface area contributed by atoms with Gasteiger partial charge in [0.2, 0.25) is 0 Å². The van der Waals surface area contributed by atoms with Gasteiger partial charge in [0.1, 0.15) is 5.75 Å². The Bertz CT molecular complexity index is 994. The van der Waals surface area contributed by atoms with Gasteiger partial charge in [0.15, 0.2) is 5.96 Å². The third-order valence-electron chi connectivity index (χ3n) is 5.91. The van der Waals surface area contributed by atoms with Crippen LogP contribution in [0.4, 0.5) is 0 Å². The highest BCUT2D eigenvalue weighted by molar-refractivity contribution is 5.79. The zero-order valence-corrected chi connectivity index (χ0v) is 18.9. The second kappa shape index (κ2) is 10.8. The van der Waals surface area contributed by atoms with Gasteiger partial charge in [-0.1, -0.05) is 24.3 Å². The van der Waals surface area contributed by atoms with Gasteiger partial charge in [0.05, 0.1) is 18.8 Å². The second-order valence-electron chi connectivity index (χ2n) is 7.96. The van der Waals surface area contributed by atoms with E-state index in [9.17, 15) is 0 Å². The molecule has 3 aromatic rings. The molecule has 2 heterocycles. The van der Waals surface area contributed by atoms with Crippen molar-refractivity contribution in [1.29, 1.82) is 0 Å². The molecular weight excluding hydrogens is 400 g/mol. The monoisotopic (exact) mass is 432 g/mol. The van der Waals surface area contributed by atoms with E-state index >= 15 is 0 Å². The summed E-state index contributed by atoms with van der Waals surface area (Å²) in [5, 5.41) is 11.3. The van der Waals surface area contributed by atoms with Gasteiger partial charge in [-0.3, -0.25) is 9.89 Å². The van der Waals surface area contributed by atoms with E-state index in [0.717, 1.165) is 37.0 Å². The third kappa shape index (κ3) is 5.48. The van der Waals surface area contributed by atoms with Crippen molar-refractivity contribution in [3.63, 3.8) is 0 Å². The van der Waals surface area contributed by atoms with Crippen LogP contribution in [0.15, 0.2) is 72.0 Å². The van der Waals surface area contributed by atoms with Crippen LogP contribution in [0.3, 0.4) is 0 Å². The first-order chi connectivity index (χ1) is 15.8. The van der Waals surface area contributed by atoms with Crippen LogP contribution in [0.5, 0.6) is 5.75 Å². The lowest BCUT2D eigenvalue weighted by Crippen LogP contribution is -2.42. The van der Waals surface area contributed by atoms with Crippen LogP contribution in [0, 0.1) is 0 Å².